The third-order valence-corrected chi connectivity index (χ3v) is 8.69. The Morgan fingerprint density at radius 1 is 0.946 bits per heavy atom. The van der Waals surface area contributed by atoms with Crippen molar-refractivity contribution in [2.45, 2.75) is 50.5 Å². The number of pyridine rings is 1. The molecule has 1 spiro atoms. The lowest BCUT2D eigenvalue weighted by molar-refractivity contribution is -0.131. The van der Waals surface area contributed by atoms with Gasteiger partial charge in [0.25, 0.3) is 5.91 Å². The van der Waals surface area contributed by atoms with Crippen LogP contribution in [0.3, 0.4) is 0 Å². The van der Waals surface area contributed by atoms with Crippen LogP contribution in [0.15, 0.2) is 65.8 Å². The van der Waals surface area contributed by atoms with Crippen molar-refractivity contribution in [3.63, 3.8) is 0 Å². The molecule has 2 saturated carbocycles. The van der Waals surface area contributed by atoms with Crippen molar-refractivity contribution in [2.75, 3.05) is 19.6 Å². The molecule has 4 aliphatic rings. The first kappa shape index (κ1) is 22.6. The van der Waals surface area contributed by atoms with Crippen molar-refractivity contribution in [3.05, 3.63) is 66.4 Å². The number of amides is 2. The van der Waals surface area contributed by atoms with E-state index in [4.69, 9.17) is 4.99 Å². The Kier molecular flexibility index (Phi) is 5.38. The van der Waals surface area contributed by atoms with Crippen molar-refractivity contribution < 1.29 is 9.59 Å². The van der Waals surface area contributed by atoms with Crippen LogP contribution >= 0.6 is 0 Å². The van der Waals surface area contributed by atoms with Crippen molar-refractivity contribution in [1.82, 2.24) is 14.8 Å². The normalized spacial score (nSPS) is 22.9. The first-order valence-corrected chi connectivity index (χ1v) is 13.8. The van der Waals surface area contributed by atoms with Crippen molar-refractivity contribution in [1.29, 1.82) is 0 Å². The highest BCUT2D eigenvalue weighted by Gasteiger charge is 2.50. The minimum Gasteiger partial charge on any atom is -0.342 e. The lowest BCUT2D eigenvalue weighted by Crippen LogP contribution is -2.44. The topological polar surface area (TPSA) is 65.9 Å². The van der Waals surface area contributed by atoms with Gasteiger partial charge in [-0.15, -0.1) is 0 Å². The van der Waals surface area contributed by atoms with E-state index in [0.717, 1.165) is 91.5 Å². The average Bonchev–Trinajstić information content (AvgIpc) is 3.39. The first-order chi connectivity index (χ1) is 18.1. The Labute approximate surface area is 217 Å². The molecular formula is C31H32N4O2. The second kappa shape index (κ2) is 8.79. The molecule has 3 aromatic rings. The highest BCUT2D eigenvalue weighted by molar-refractivity contribution is 6.15. The molecule has 6 nitrogen and oxygen atoms in total. The Balaban J connectivity index is 1.15. The van der Waals surface area contributed by atoms with E-state index in [1.54, 1.807) is 0 Å². The molecule has 7 rings (SSSR count). The molecule has 1 aromatic heterocycles. The van der Waals surface area contributed by atoms with Crippen LogP contribution in [0.1, 0.15) is 50.5 Å². The van der Waals surface area contributed by atoms with Crippen LogP contribution in [0.25, 0.3) is 22.0 Å². The molecule has 3 heterocycles. The van der Waals surface area contributed by atoms with Crippen LogP contribution in [0, 0.1) is 11.8 Å². The van der Waals surface area contributed by atoms with Gasteiger partial charge >= 0.3 is 0 Å². The zero-order chi connectivity index (χ0) is 25.0. The van der Waals surface area contributed by atoms with E-state index >= 15 is 0 Å². The zero-order valence-electron chi connectivity index (χ0n) is 21.1. The predicted molar refractivity (Wildman–Crippen MR) is 144 cm³/mol. The van der Waals surface area contributed by atoms with Gasteiger partial charge in [0.2, 0.25) is 5.91 Å². The molecule has 2 aromatic carbocycles. The van der Waals surface area contributed by atoms with E-state index < -0.39 is 5.54 Å². The Bertz CT molecular complexity index is 1400. The summed E-state index contributed by atoms with van der Waals surface area (Å²) in [6.45, 7) is 2.22. The van der Waals surface area contributed by atoms with E-state index in [-0.39, 0.29) is 11.8 Å². The number of rotatable bonds is 5. The summed E-state index contributed by atoms with van der Waals surface area (Å²) < 4.78 is 0. The molecule has 188 valence electrons. The number of aliphatic imine (C=N–C) groups is 1. The van der Waals surface area contributed by atoms with Gasteiger partial charge in [-0.3, -0.25) is 24.5 Å². The summed E-state index contributed by atoms with van der Waals surface area (Å²) in [5.41, 5.74) is 3.68. The van der Waals surface area contributed by atoms with E-state index in [9.17, 15) is 9.59 Å². The number of hydrogen-bond acceptors (Lipinski definition) is 4. The number of aromatic nitrogens is 1. The Hall–Kier alpha value is -3.54. The Morgan fingerprint density at radius 2 is 1.70 bits per heavy atom. The quantitative estimate of drug-likeness (QED) is 0.500. The molecule has 2 aliphatic carbocycles. The number of carbonyl (C=O) groups is 2. The summed E-state index contributed by atoms with van der Waals surface area (Å²) in [5, 5.41) is 1.12. The fourth-order valence-corrected chi connectivity index (χ4v) is 6.43. The number of fused-ring (bicyclic) bond motifs is 1. The highest BCUT2D eigenvalue weighted by Crippen LogP contribution is 2.41. The standard InChI is InChI=1S/C31H32N4O2/c36-29(24-9-10-24)34-17-13-21(19-34)20-35-28(33-31(30(35)37)14-1-2-15-31)23-7-5-22(6-8-23)25-11-12-27-26(18-25)4-3-16-32-27/h3-8,11-12,16,18,21,24H,1-2,9-10,13-15,17,19-20H2/t21-/m1/s1. The average molecular weight is 493 g/mol. The van der Waals surface area contributed by atoms with Crippen molar-refractivity contribution >= 4 is 28.6 Å². The first-order valence-electron chi connectivity index (χ1n) is 13.8. The smallest absolute Gasteiger partial charge is 0.256 e. The lowest BCUT2D eigenvalue weighted by atomic mass is 9.97. The van der Waals surface area contributed by atoms with Gasteiger partial charge in [-0.05, 0) is 67.3 Å². The van der Waals surface area contributed by atoms with E-state index in [2.05, 4.69) is 53.5 Å². The number of benzene rings is 2. The van der Waals surface area contributed by atoms with Crippen LogP contribution in [0.4, 0.5) is 0 Å². The Morgan fingerprint density at radius 3 is 2.49 bits per heavy atom. The summed E-state index contributed by atoms with van der Waals surface area (Å²) in [6.07, 6.45) is 8.64. The van der Waals surface area contributed by atoms with Crippen LogP contribution in [-0.4, -0.2) is 57.6 Å². The molecule has 2 amide bonds. The van der Waals surface area contributed by atoms with Gasteiger partial charge in [0.15, 0.2) is 0 Å². The number of nitrogens with zero attached hydrogens (tertiary/aromatic N) is 4. The zero-order valence-corrected chi connectivity index (χ0v) is 21.1. The molecule has 3 fully saturated rings. The van der Waals surface area contributed by atoms with Crippen LogP contribution in [-0.2, 0) is 9.59 Å². The maximum atomic E-state index is 13.8. The molecule has 2 aliphatic heterocycles. The molecule has 1 atom stereocenters. The molecule has 6 heteroatoms. The van der Waals surface area contributed by atoms with Gasteiger partial charge in [-0.1, -0.05) is 49.2 Å². The number of hydrogen-bond donors (Lipinski definition) is 0. The van der Waals surface area contributed by atoms with Crippen LogP contribution in [0.5, 0.6) is 0 Å². The van der Waals surface area contributed by atoms with Crippen LogP contribution < -0.4 is 0 Å². The monoisotopic (exact) mass is 492 g/mol. The summed E-state index contributed by atoms with van der Waals surface area (Å²) in [5.74, 6) is 1.85. The second-order valence-corrected chi connectivity index (χ2v) is 11.3. The van der Waals surface area contributed by atoms with E-state index in [1.165, 1.54) is 0 Å². The summed E-state index contributed by atoms with van der Waals surface area (Å²) in [7, 11) is 0. The van der Waals surface area contributed by atoms with Gasteiger partial charge in [-0.2, -0.15) is 0 Å². The largest absolute Gasteiger partial charge is 0.342 e. The number of amidine groups is 1. The molecule has 0 N–H and O–H groups in total. The van der Waals surface area contributed by atoms with E-state index in [0.29, 0.717) is 18.4 Å². The van der Waals surface area contributed by atoms with Crippen LogP contribution in [0.2, 0.25) is 0 Å². The van der Waals surface area contributed by atoms with Gasteiger partial charge < -0.3 is 4.90 Å². The van der Waals surface area contributed by atoms with E-state index in [1.807, 2.05) is 22.1 Å². The van der Waals surface area contributed by atoms with Gasteiger partial charge in [0.05, 0.1) is 5.52 Å². The molecule has 0 unspecified atom stereocenters. The van der Waals surface area contributed by atoms with Gasteiger partial charge in [0, 0.05) is 42.7 Å². The SMILES string of the molecule is O=C(C1CC1)N1CC[C@@H](CN2C(=O)C3(CCCC3)N=C2c2ccc(-c3ccc4ncccc4c3)cc2)C1. The maximum Gasteiger partial charge on any atom is 0.256 e. The van der Waals surface area contributed by atoms with Crippen molar-refractivity contribution in [3.8, 4) is 11.1 Å². The predicted octanol–water partition coefficient (Wildman–Crippen LogP) is 5.06. The summed E-state index contributed by atoms with van der Waals surface area (Å²) >= 11 is 0. The summed E-state index contributed by atoms with van der Waals surface area (Å²) in [4.78, 5) is 39.9. The molecule has 37 heavy (non-hydrogen) atoms. The number of likely N-dealkylation sites (tertiary alicyclic amines) is 1. The molecule has 0 radical (unpaired) electrons. The second-order valence-electron chi connectivity index (χ2n) is 11.3. The van der Waals surface area contributed by atoms with Crippen molar-refractivity contribution in [2.24, 2.45) is 16.8 Å². The molecular weight excluding hydrogens is 460 g/mol. The highest BCUT2D eigenvalue weighted by atomic mass is 16.2. The summed E-state index contributed by atoms with van der Waals surface area (Å²) in [6, 6.07) is 18.8. The minimum absolute atomic E-state index is 0.165. The minimum atomic E-state index is -0.582. The number of carbonyl (C=O) groups excluding carboxylic acids is 2. The maximum absolute atomic E-state index is 13.8. The molecule has 0 bridgehead atoms. The third-order valence-electron chi connectivity index (χ3n) is 8.69. The lowest BCUT2D eigenvalue weighted by Gasteiger charge is -2.25. The molecule has 1 saturated heterocycles. The fraction of sp³-hybridized carbons (Fsp3) is 0.419. The third kappa shape index (κ3) is 4.03. The van der Waals surface area contributed by atoms with Gasteiger partial charge in [0.1, 0.15) is 11.4 Å². The van der Waals surface area contributed by atoms with Gasteiger partial charge in [-0.25, -0.2) is 0 Å². The fourth-order valence-electron chi connectivity index (χ4n) is 6.43.